The number of amides is 1. The Hall–Kier alpha value is -0.610. The fourth-order valence-corrected chi connectivity index (χ4v) is 2.84. The van der Waals surface area contributed by atoms with Gasteiger partial charge in [0.15, 0.2) is 0 Å². The van der Waals surface area contributed by atoms with Crippen molar-refractivity contribution in [2.45, 2.75) is 83.5 Å². The lowest BCUT2D eigenvalue weighted by Crippen LogP contribution is -2.47. The Morgan fingerprint density at radius 1 is 1.39 bits per heavy atom. The van der Waals surface area contributed by atoms with Gasteiger partial charge in [-0.15, -0.1) is 0 Å². The van der Waals surface area contributed by atoms with Crippen LogP contribution in [0.15, 0.2) is 0 Å². The summed E-state index contributed by atoms with van der Waals surface area (Å²) in [6.45, 7) is 12.3. The zero-order valence-electron chi connectivity index (χ0n) is 12.7. The molecule has 1 rings (SSSR count). The normalized spacial score (nSPS) is 28.1. The van der Waals surface area contributed by atoms with Gasteiger partial charge in [-0.1, -0.05) is 13.3 Å². The number of carbonyl (C=O) groups is 1. The van der Waals surface area contributed by atoms with E-state index in [0.29, 0.717) is 0 Å². The van der Waals surface area contributed by atoms with Crippen LogP contribution in [0, 0.1) is 0 Å². The average molecular weight is 255 g/mol. The van der Waals surface area contributed by atoms with E-state index in [-0.39, 0.29) is 28.6 Å². The molecule has 4 heteroatoms. The van der Waals surface area contributed by atoms with E-state index >= 15 is 0 Å². The van der Waals surface area contributed by atoms with E-state index in [4.69, 9.17) is 5.73 Å². The Morgan fingerprint density at radius 2 is 1.94 bits per heavy atom. The highest BCUT2D eigenvalue weighted by Crippen LogP contribution is 2.34. The molecule has 2 unspecified atom stereocenters. The molecule has 1 saturated heterocycles. The first-order valence-electron chi connectivity index (χ1n) is 6.88. The molecule has 1 amide bonds. The molecule has 0 aliphatic carbocycles. The minimum absolute atomic E-state index is 0.0974. The van der Waals surface area contributed by atoms with Gasteiger partial charge in [-0.2, -0.15) is 0 Å². The number of hydrogen-bond donors (Lipinski definition) is 3. The van der Waals surface area contributed by atoms with Crippen LogP contribution in [0.2, 0.25) is 0 Å². The zero-order valence-corrected chi connectivity index (χ0v) is 12.7. The Balaban J connectivity index is 2.52. The largest absolute Gasteiger partial charge is 0.350 e. The topological polar surface area (TPSA) is 77.1 Å². The maximum atomic E-state index is 12.2. The van der Waals surface area contributed by atoms with Crippen molar-refractivity contribution >= 4 is 5.91 Å². The summed E-state index contributed by atoms with van der Waals surface area (Å²) < 4.78 is 0. The van der Waals surface area contributed by atoms with Gasteiger partial charge >= 0.3 is 0 Å². The first-order valence-corrected chi connectivity index (χ1v) is 6.88. The van der Waals surface area contributed by atoms with Crippen LogP contribution >= 0.6 is 0 Å². The van der Waals surface area contributed by atoms with Crippen molar-refractivity contribution < 1.29 is 4.79 Å². The van der Waals surface area contributed by atoms with Crippen LogP contribution in [-0.4, -0.2) is 28.6 Å². The van der Waals surface area contributed by atoms with Crippen molar-refractivity contribution in [3.63, 3.8) is 0 Å². The van der Waals surface area contributed by atoms with Crippen molar-refractivity contribution in [3.05, 3.63) is 0 Å². The van der Waals surface area contributed by atoms with Gasteiger partial charge in [0.1, 0.15) is 6.04 Å². The number of hydrogen-bond acceptors (Lipinski definition) is 3. The highest BCUT2D eigenvalue weighted by molar-refractivity contribution is 5.87. The Bertz CT molecular complexity index is 319. The molecule has 18 heavy (non-hydrogen) atoms. The Kier molecular flexibility index (Phi) is 4.13. The van der Waals surface area contributed by atoms with Gasteiger partial charge in [0.25, 0.3) is 0 Å². The number of nitrogens with two attached hydrogens (primary N) is 1. The molecule has 0 radical (unpaired) electrons. The maximum absolute atomic E-state index is 12.2. The number of carbonyl (C=O) groups excluding carboxylic acids is 1. The highest BCUT2D eigenvalue weighted by atomic mass is 16.2. The molecule has 0 spiro atoms. The summed E-state index contributed by atoms with van der Waals surface area (Å²) in [5.41, 5.74) is 5.50. The molecular formula is C14H29N3O. The van der Waals surface area contributed by atoms with Gasteiger partial charge in [0.2, 0.25) is 5.91 Å². The number of nitrogens with one attached hydrogen (secondary N) is 2. The van der Waals surface area contributed by atoms with E-state index in [2.05, 4.69) is 38.3 Å². The lowest BCUT2D eigenvalue weighted by atomic mass is 9.89. The van der Waals surface area contributed by atoms with E-state index in [1.54, 1.807) is 0 Å². The van der Waals surface area contributed by atoms with E-state index in [1.807, 2.05) is 13.8 Å². The van der Waals surface area contributed by atoms with Gasteiger partial charge in [-0.3, -0.25) is 10.1 Å². The van der Waals surface area contributed by atoms with Gasteiger partial charge < -0.3 is 11.1 Å². The van der Waals surface area contributed by atoms with Crippen LogP contribution < -0.4 is 16.4 Å². The number of rotatable bonds is 6. The standard InChI is InChI=1S/C14H29N3O/c1-7-8-13(4,5)17-11(18)10-14(6,16-10)9-12(2,3)15/h10,16H,7-9,15H2,1-6H3,(H,17,18). The van der Waals surface area contributed by atoms with Crippen LogP contribution in [0.25, 0.3) is 0 Å². The summed E-state index contributed by atoms with van der Waals surface area (Å²) in [5.74, 6) is 0.0974. The smallest absolute Gasteiger partial charge is 0.239 e. The molecule has 4 nitrogen and oxygen atoms in total. The molecule has 2 atom stereocenters. The molecule has 0 bridgehead atoms. The third kappa shape index (κ3) is 4.25. The van der Waals surface area contributed by atoms with Gasteiger partial charge in [-0.25, -0.2) is 0 Å². The van der Waals surface area contributed by atoms with E-state index in [9.17, 15) is 4.79 Å². The van der Waals surface area contributed by atoms with Crippen LogP contribution in [-0.2, 0) is 4.79 Å². The predicted octanol–water partition coefficient (Wildman–Crippen LogP) is 1.54. The molecule has 1 aliphatic heterocycles. The van der Waals surface area contributed by atoms with Crippen LogP contribution in [0.1, 0.15) is 60.8 Å². The highest BCUT2D eigenvalue weighted by Gasteiger charge is 2.55. The summed E-state index contributed by atoms with van der Waals surface area (Å²) in [6.07, 6.45) is 2.86. The minimum atomic E-state index is -0.254. The summed E-state index contributed by atoms with van der Waals surface area (Å²) in [7, 11) is 0. The van der Waals surface area contributed by atoms with Crippen molar-refractivity contribution in [1.82, 2.24) is 10.6 Å². The average Bonchev–Trinajstić information content (AvgIpc) is 2.72. The maximum Gasteiger partial charge on any atom is 0.239 e. The summed E-state index contributed by atoms with van der Waals surface area (Å²) in [5, 5.41) is 6.39. The first kappa shape index (κ1) is 15.4. The van der Waals surface area contributed by atoms with E-state index in [0.717, 1.165) is 19.3 Å². The third-order valence-electron chi connectivity index (χ3n) is 3.45. The molecule has 4 N–H and O–H groups in total. The lowest BCUT2D eigenvalue weighted by molar-refractivity contribution is -0.122. The quantitative estimate of drug-likeness (QED) is 0.630. The monoisotopic (exact) mass is 255 g/mol. The van der Waals surface area contributed by atoms with Gasteiger partial charge in [0.05, 0.1) is 0 Å². The summed E-state index contributed by atoms with van der Waals surface area (Å²) >= 11 is 0. The van der Waals surface area contributed by atoms with Gasteiger partial charge in [-0.05, 0) is 47.5 Å². The van der Waals surface area contributed by atoms with Crippen LogP contribution in [0.3, 0.4) is 0 Å². The van der Waals surface area contributed by atoms with E-state index < -0.39 is 0 Å². The molecule has 0 aromatic rings. The molecule has 0 aromatic carbocycles. The minimum Gasteiger partial charge on any atom is -0.350 e. The predicted molar refractivity (Wildman–Crippen MR) is 75.3 cm³/mol. The SMILES string of the molecule is CCCC(C)(C)NC(=O)C1NC1(C)CC(C)(C)N. The Labute approximate surface area is 111 Å². The second-order valence-corrected chi connectivity index (χ2v) is 7.28. The van der Waals surface area contributed by atoms with Crippen molar-refractivity contribution in [2.75, 3.05) is 0 Å². The molecule has 1 fully saturated rings. The van der Waals surface area contributed by atoms with Gasteiger partial charge in [0, 0.05) is 16.6 Å². The summed E-state index contributed by atoms with van der Waals surface area (Å²) in [6, 6.07) is -0.101. The molecular weight excluding hydrogens is 226 g/mol. The van der Waals surface area contributed by atoms with Crippen molar-refractivity contribution in [3.8, 4) is 0 Å². The fourth-order valence-electron chi connectivity index (χ4n) is 2.84. The molecule has 0 saturated carbocycles. The van der Waals surface area contributed by atoms with Crippen LogP contribution in [0.5, 0.6) is 0 Å². The Morgan fingerprint density at radius 3 is 2.39 bits per heavy atom. The van der Waals surface area contributed by atoms with Crippen molar-refractivity contribution in [1.29, 1.82) is 0 Å². The zero-order chi connectivity index (χ0) is 14.2. The second kappa shape index (κ2) is 4.82. The first-order chi connectivity index (χ1) is 7.99. The van der Waals surface area contributed by atoms with Crippen molar-refractivity contribution in [2.24, 2.45) is 5.73 Å². The molecule has 106 valence electrons. The second-order valence-electron chi connectivity index (χ2n) is 7.28. The third-order valence-corrected chi connectivity index (χ3v) is 3.45. The lowest BCUT2D eigenvalue weighted by Gasteiger charge is -2.26. The summed E-state index contributed by atoms with van der Waals surface area (Å²) in [4.78, 5) is 12.2. The van der Waals surface area contributed by atoms with Crippen LogP contribution in [0.4, 0.5) is 0 Å². The fraction of sp³-hybridized carbons (Fsp3) is 0.929. The molecule has 1 aliphatic rings. The molecule has 1 heterocycles. The molecule has 0 aromatic heterocycles. The van der Waals surface area contributed by atoms with E-state index in [1.165, 1.54) is 0 Å².